The molecule has 2 aromatic rings. The monoisotopic (exact) mass is 378 g/mol. The second-order valence-corrected chi connectivity index (χ2v) is 9.03. The summed E-state index contributed by atoms with van der Waals surface area (Å²) in [5.74, 6) is -0.651. The average Bonchev–Trinajstić information content (AvgIpc) is 3.32. The normalized spacial score (nSPS) is 19.8. The van der Waals surface area contributed by atoms with Gasteiger partial charge in [0.1, 0.15) is 16.0 Å². The summed E-state index contributed by atoms with van der Waals surface area (Å²) in [4.78, 5) is 16.9. The molecular formula is C17H18N2O4S2. The van der Waals surface area contributed by atoms with Crippen molar-refractivity contribution in [3.8, 4) is 0 Å². The summed E-state index contributed by atoms with van der Waals surface area (Å²) in [5.41, 5.74) is 2.24. The fraction of sp³-hybridized carbons (Fsp3) is 0.412. The lowest BCUT2D eigenvalue weighted by Gasteiger charge is -2.08. The average molecular weight is 378 g/mol. The van der Waals surface area contributed by atoms with Crippen LogP contribution in [0, 0.1) is 0 Å². The van der Waals surface area contributed by atoms with Gasteiger partial charge in [-0.3, -0.25) is 4.79 Å². The van der Waals surface area contributed by atoms with Gasteiger partial charge in [0.05, 0.1) is 11.1 Å². The second-order valence-electron chi connectivity index (χ2n) is 6.28. The highest BCUT2D eigenvalue weighted by Gasteiger charge is 2.25. The van der Waals surface area contributed by atoms with E-state index in [1.54, 1.807) is 12.1 Å². The number of aryl methyl sites for hydroxylation is 2. The molecule has 1 aliphatic heterocycles. The SMILES string of the molecule is O=C(NS(=O)(=O)c1ccc2c(c1)CCC2)c1cnc(C2CCCO2)s1. The van der Waals surface area contributed by atoms with Crippen LogP contribution in [-0.4, -0.2) is 25.9 Å². The molecule has 2 aliphatic rings. The molecule has 1 amide bonds. The third-order valence-electron chi connectivity index (χ3n) is 4.56. The lowest BCUT2D eigenvalue weighted by molar-refractivity contribution is 0.0985. The van der Waals surface area contributed by atoms with Crippen molar-refractivity contribution in [3.63, 3.8) is 0 Å². The van der Waals surface area contributed by atoms with Crippen LogP contribution in [0.5, 0.6) is 0 Å². The maximum Gasteiger partial charge on any atom is 0.276 e. The molecule has 0 spiro atoms. The number of nitrogens with zero attached hydrogens (tertiary/aromatic N) is 1. The predicted molar refractivity (Wildman–Crippen MR) is 93.2 cm³/mol. The van der Waals surface area contributed by atoms with Crippen molar-refractivity contribution in [1.82, 2.24) is 9.71 Å². The smallest absolute Gasteiger partial charge is 0.276 e. The van der Waals surface area contributed by atoms with E-state index in [0.29, 0.717) is 6.61 Å². The van der Waals surface area contributed by atoms with E-state index in [-0.39, 0.29) is 15.9 Å². The zero-order valence-electron chi connectivity index (χ0n) is 13.5. The Bertz CT molecular complexity index is 914. The molecule has 0 bridgehead atoms. The molecule has 0 saturated carbocycles. The van der Waals surface area contributed by atoms with Crippen LogP contribution in [-0.2, 0) is 27.6 Å². The molecule has 1 saturated heterocycles. The van der Waals surface area contributed by atoms with Crippen molar-refractivity contribution in [2.24, 2.45) is 0 Å². The Kier molecular flexibility index (Phi) is 4.35. The zero-order chi connectivity index (χ0) is 17.4. The Labute approximate surface area is 150 Å². The number of nitrogens with one attached hydrogen (secondary N) is 1. The van der Waals surface area contributed by atoms with Crippen LogP contribution < -0.4 is 4.72 Å². The molecule has 132 valence electrons. The Morgan fingerprint density at radius 3 is 2.88 bits per heavy atom. The zero-order valence-corrected chi connectivity index (χ0v) is 15.2. The van der Waals surface area contributed by atoms with Gasteiger partial charge in [-0.15, -0.1) is 11.3 Å². The Morgan fingerprint density at radius 1 is 1.24 bits per heavy atom. The molecule has 4 rings (SSSR count). The molecule has 1 aliphatic carbocycles. The van der Waals surface area contributed by atoms with Gasteiger partial charge in [-0.2, -0.15) is 0 Å². The van der Waals surface area contributed by atoms with Gasteiger partial charge in [0.2, 0.25) is 0 Å². The lowest BCUT2D eigenvalue weighted by Crippen LogP contribution is -2.30. The first-order chi connectivity index (χ1) is 12.0. The van der Waals surface area contributed by atoms with E-state index in [2.05, 4.69) is 9.71 Å². The van der Waals surface area contributed by atoms with Crippen molar-refractivity contribution in [3.05, 3.63) is 45.4 Å². The number of thiazole rings is 1. The summed E-state index contributed by atoms with van der Waals surface area (Å²) in [6.07, 6.45) is 6.08. The largest absolute Gasteiger partial charge is 0.371 e. The van der Waals surface area contributed by atoms with Crippen LogP contribution in [0.2, 0.25) is 0 Å². The van der Waals surface area contributed by atoms with Crippen molar-refractivity contribution < 1.29 is 17.9 Å². The number of carbonyl (C=O) groups is 1. The van der Waals surface area contributed by atoms with Gasteiger partial charge < -0.3 is 4.74 Å². The Hall–Kier alpha value is -1.77. The molecule has 2 heterocycles. The third-order valence-corrected chi connectivity index (χ3v) is 6.98. The maximum absolute atomic E-state index is 12.5. The minimum absolute atomic E-state index is 0.0835. The molecule has 6 nitrogen and oxygen atoms in total. The third kappa shape index (κ3) is 3.33. The van der Waals surface area contributed by atoms with Gasteiger partial charge >= 0.3 is 0 Å². The molecule has 1 aromatic heterocycles. The highest BCUT2D eigenvalue weighted by molar-refractivity contribution is 7.90. The predicted octanol–water partition coefficient (Wildman–Crippen LogP) is 2.60. The first-order valence-electron chi connectivity index (χ1n) is 8.29. The number of hydrogen-bond donors (Lipinski definition) is 1. The number of carbonyl (C=O) groups excluding carboxylic acids is 1. The van der Waals surface area contributed by atoms with Crippen LogP contribution >= 0.6 is 11.3 Å². The van der Waals surface area contributed by atoms with Gasteiger partial charge in [-0.25, -0.2) is 18.1 Å². The number of amides is 1. The van der Waals surface area contributed by atoms with E-state index >= 15 is 0 Å². The molecule has 0 radical (unpaired) electrons. The molecular weight excluding hydrogens is 360 g/mol. The Morgan fingerprint density at radius 2 is 2.08 bits per heavy atom. The topological polar surface area (TPSA) is 85.4 Å². The first-order valence-corrected chi connectivity index (χ1v) is 10.6. The summed E-state index contributed by atoms with van der Waals surface area (Å²) in [7, 11) is -3.89. The van der Waals surface area contributed by atoms with Crippen molar-refractivity contribution in [2.75, 3.05) is 6.61 Å². The molecule has 1 unspecified atom stereocenters. The summed E-state index contributed by atoms with van der Waals surface area (Å²) >= 11 is 1.18. The lowest BCUT2D eigenvalue weighted by atomic mass is 10.1. The van der Waals surface area contributed by atoms with Crippen LogP contribution in [0.3, 0.4) is 0 Å². The highest BCUT2D eigenvalue weighted by Crippen LogP contribution is 2.31. The van der Waals surface area contributed by atoms with Gasteiger partial charge in [0.15, 0.2) is 0 Å². The number of rotatable bonds is 4. The van der Waals surface area contributed by atoms with E-state index in [0.717, 1.165) is 42.7 Å². The van der Waals surface area contributed by atoms with Crippen molar-refractivity contribution in [2.45, 2.75) is 43.1 Å². The van der Waals surface area contributed by atoms with Crippen molar-refractivity contribution >= 4 is 27.3 Å². The minimum Gasteiger partial charge on any atom is -0.371 e. The number of fused-ring (bicyclic) bond motifs is 1. The maximum atomic E-state index is 12.5. The molecule has 25 heavy (non-hydrogen) atoms. The highest BCUT2D eigenvalue weighted by atomic mass is 32.2. The van der Waals surface area contributed by atoms with Gasteiger partial charge in [-0.1, -0.05) is 6.07 Å². The minimum atomic E-state index is -3.89. The molecule has 1 atom stereocenters. The summed E-state index contributed by atoms with van der Waals surface area (Å²) in [6.45, 7) is 0.693. The van der Waals surface area contributed by atoms with Crippen LogP contribution in [0.15, 0.2) is 29.3 Å². The van der Waals surface area contributed by atoms with Gasteiger partial charge in [0, 0.05) is 6.61 Å². The summed E-state index contributed by atoms with van der Waals surface area (Å²) in [5, 5.41) is 0.720. The number of hydrogen-bond acceptors (Lipinski definition) is 6. The van der Waals surface area contributed by atoms with E-state index in [1.165, 1.54) is 23.1 Å². The molecule has 1 N–H and O–H groups in total. The van der Waals surface area contributed by atoms with E-state index in [4.69, 9.17) is 4.74 Å². The van der Waals surface area contributed by atoms with Gasteiger partial charge in [-0.05, 0) is 55.4 Å². The number of benzene rings is 1. The second kappa shape index (κ2) is 6.51. The Balaban J connectivity index is 1.51. The summed E-state index contributed by atoms with van der Waals surface area (Å²) < 4.78 is 32.7. The molecule has 8 heteroatoms. The fourth-order valence-corrected chi connectivity index (χ4v) is 5.24. The number of sulfonamides is 1. The molecule has 1 aromatic carbocycles. The fourth-order valence-electron chi connectivity index (χ4n) is 3.26. The van der Waals surface area contributed by atoms with E-state index < -0.39 is 15.9 Å². The first kappa shape index (κ1) is 16.7. The number of aromatic nitrogens is 1. The van der Waals surface area contributed by atoms with Gasteiger partial charge in [0.25, 0.3) is 15.9 Å². The summed E-state index contributed by atoms with van der Waals surface area (Å²) in [6, 6.07) is 5.07. The van der Waals surface area contributed by atoms with E-state index in [9.17, 15) is 13.2 Å². The van der Waals surface area contributed by atoms with E-state index in [1.807, 2.05) is 6.07 Å². The quantitative estimate of drug-likeness (QED) is 0.884. The van der Waals surface area contributed by atoms with Crippen LogP contribution in [0.4, 0.5) is 0 Å². The standard InChI is InChI=1S/C17H18N2O4S2/c20-16(15-10-18-17(24-15)14-5-2-8-23-14)19-25(21,22)13-7-6-11-3-1-4-12(11)9-13/h6-7,9-10,14H,1-5,8H2,(H,19,20). The molecule has 1 fully saturated rings. The van der Waals surface area contributed by atoms with Crippen LogP contribution in [0.25, 0.3) is 0 Å². The van der Waals surface area contributed by atoms with Crippen molar-refractivity contribution in [1.29, 1.82) is 0 Å². The number of ether oxygens (including phenoxy) is 1. The van der Waals surface area contributed by atoms with Crippen LogP contribution in [0.1, 0.15) is 51.2 Å².